The average molecular weight is 249 g/mol. The molecule has 0 aromatic heterocycles. The zero-order chi connectivity index (χ0) is 13.2. The first-order valence-corrected chi connectivity index (χ1v) is 6.28. The average Bonchev–Trinajstić information content (AvgIpc) is 2.42. The topological polar surface area (TPSA) is 30.5 Å². The van der Waals surface area contributed by atoms with Crippen LogP contribution in [0.4, 0.5) is 0 Å². The summed E-state index contributed by atoms with van der Waals surface area (Å²) >= 11 is 0. The van der Waals surface area contributed by atoms with Crippen molar-refractivity contribution in [2.45, 2.75) is 13.3 Å². The monoisotopic (exact) mass is 249 g/mol. The maximum atomic E-state index is 5.14. The Hall–Kier alpha value is -1.32. The van der Waals surface area contributed by atoms with Gasteiger partial charge in [0.25, 0.3) is 0 Å². The zero-order valence-electron chi connectivity index (χ0n) is 11.5. The molecule has 0 heterocycles. The van der Waals surface area contributed by atoms with Crippen LogP contribution in [0.3, 0.4) is 0 Å². The van der Waals surface area contributed by atoms with E-state index in [0.29, 0.717) is 0 Å². The van der Waals surface area contributed by atoms with Gasteiger partial charge in [0.2, 0.25) is 0 Å². The van der Waals surface area contributed by atoms with Gasteiger partial charge in [0.1, 0.15) is 5.75 Å². The molecule has 0 unspecified atom stereocenters. The van der Waals surface area contributed by atoms with Gasteiger partial charge >= 0.3 is 0 Å². The lowest BCUT2D eigenvalue weighted by Gasteiger charge is -2.05. The molecule has 1 N–H and O–H groups in total. The molecule has 3 nitrogen and oxygen atoms in total. The Morgan fingerprint density at radius 3 is 2.50 bits per heavy atom. The Bertz CT molecular complexity index is 357. The smallest absolute Gasteiger partial charge is 0.118 e. The lowest BCUT2D eigenvalue weighted by Crippen LogP contribution is -2.19. The van der Waals surface area contributed by atoms with Gasteiger partial charge in [0.05, 0.1) is 13.7 Å². The third-order valence-corrected chi connectivity index (χ3v) is 2.80. The van der Waals surface area contributed by atoms with Gasteiger partial charge in [-0.25, -0.2) is 0 Å². The van der Waals surface area contributed by atoms with Crippen molar-refractivity contribution in [1.82, 2.24) is 5.32 Å². The minimum absolute atomic E-state index is 0.765. The number of hydrogen-bond acceptors (Lipinski definition) is 3. The van der Waals surface area contributed by atoms with E-state index >= 15 is 0 Å². The highest BCUT2D eigenvalue weighted by Crippen LogP contribution is 2.18. The Morgan fingerprint density at radius 1 is 1.17 bits per heavy atom. The molecule has 0 atom stereocenters. The predicted molar refractivity (Wildman–Crippen MR) is 76.0 cm³/mol. The number of allylic oxidation sites excluding steroid dienone is 1. The number of methoxy groups -OCH3 is 2. The number of nitrogens with one attached hydrogen (secondary N) is 1. The van der Waals surface area contributed by atoms with E-state index in [1.807, 2.05) is 12.1 Å². The van der Waals surface area contributed by atoms with E-state index in [4.69, 9.17) is 9.47 Å². The van der Waals surface area contributed by atoms with Gasteiger partial charge in [-0.3, -0.25) is 0 Å². The lowest BCUT2D eigenvalue weighted by molar-refractivity contribution is 0.199. The van der Waals surface area contributed by atoms with E-state index in [2.05, 4.69) is 30.4 Å². The molecule has 0 saturated heterocycles. The molecular weight excluding hydrogens is 226 g/mol. The summed E-state index contributed by atoms with van der Waals surface area (Å²) in [5.41, 5.74) is 2.54. The van der Waals surface area contributed by atoms with Gasteiger partial charge in [-0.1, -0.05) is 18.2 Å². The highest BCUT2D eigenvalue weighted by atomic mass is 16.5. The van der Waals surface area contributed by atoms with Crippen LogP contribution in [0.2, 0.25) is 0 Å². The molecule has 0 fully saturated rings. The first-order valence-electron chi connectivity index (χ1n) is 6.28. The van der Waals surface area contributed by atoms with Crippen molar-refractivity contribution in [3.05, 3.63) is 35.9 Å². The molecule has 0 saturated carbocycles. The van der Waals surface area contributed by atoms with Crippen molar-refractivity contribution in [3.63, 3.8) is 0 Å². The maximum absolute atomic E-state index is 5.14. The molecule has 0 aliphatic carbocycles. The molecule has 0 amide bonds. The van der Waals surface area contributed by atoms with E-state index in [0.717, 1.165) is 31.9 Å². The van der Waals surface area contributed by atoms with Crippen molar-refractivity contribution in [2.24, 2.45) is 0 Å². The molecule has 1 rings (SSSR count). The molecule has 0 aliphatic rings. The van der Waals surface area contributed by atoms with Crippen LogP contribution in [0.1, 0.15) is 18.9 Å². The summed E-state index contributed by atoms with van der Waals surface area (Å²) in [5.74, 6) is 0.896. The van der Waals surface area contributed by atoms with Gasteiger partial charge in [-0.2, -0.15) is 0 Å². The van der Waals surface area contributed by atoms with Crippen molar-refractivity contribution in [3.8, 4) is 5.75 Å². The summed E-state index contributed by atoms with van der Waals surface area (Å²) in [7, 11) is 3.40. The number of benzene rings is 1. The number of rotatable bonds is 8. The van der Waals surface area contributed by atoms with Crippen LogP contribution < -0.4 is 10.1 Å². The van der Waals surface area contributed by atoms with Crippen molar-refractivity contribution >= 4 is 5.57 Å². The number of ether oxygens (including phenoxy) is 2. The summed E-state index contributed by atoms with van der Waals surface area (Å²) < 4.78 is 10.1. The third kappa shape index (κ3) is 5.34. The van der Waals surface area contributed by atoms with Crippen molar-refractivity contribution in [2.75, 3.05) is 33.9 Å². The summed E-state index contributed by atoms with van der Waals surface area (Å²) in [6.07, 6.45) is 3.28. The van der Waals surface area contributed by atoms with Crippen LogP contribution in [-0.2, 0) is 4.74 Å². The minimum Gasteiger partial charge on any atom is -0.497 e. The zero-order valence-corrected chi connectivity index (χ0v) is 11.5. The lowest BCUT2D eigenvalue weighted by atomic mass is 10.1. The summed E-state index contributed by atoms with van der Waals surface area (Å²) in [4.78, 5) is 0. The molecule has 3 heteroatoms. The quantitative estimate of drug-likeness (QED) is 0.719. The summed E-state index contributed by atoms with van der Waals surface area (Å²) in [6.45, 7) is 4.79. The molecule has 100 valence electrons. The van der Waals surface area contributed by atoms with Gasteiger partial charge in [0, 0.05) is 13.7 Å². The summed E-state index contributed by atoms with van der Waals surface area (Å²) in [5, 5.41) is 3.32. The molecule has 1 aromatic carbocycles. The van der Waals surface area contributed by atoms with Gasteiger partial charge in [-0.05, 0) is 43.2 Å². The standard InChI is InChI=1S/C15H23NO2/c1-13(5-4-10-16-11-12-17-2)14-6-8-15(18-3)9-7-14/h5-9,16H,4,10-12H2,1-3H3. The Morgan fingerprint density at radius 2 is 1.89 bits per heavy atom. The Kier molecular flexibility index (Phi) is 7.14. The van der Waals surface area contributed by atoms with E-state index in [-0.39, 0.29) is 0 Å². The van der Waals surface area contributed by atoms with Crippen molar-refractivity contribution < 1.29 is 9.47 Å². The molecular formula is C15H23NO2. The van der Waals surface area contributed by atoms with E-state index in [1.165, 1.54) is 11.1 Å². The molecule has 0 aliphatic heterocycles. The SMILES string of the molecule is COCCNCCC=C(C)c1ccc(OC)cc1. The predicted octanol–water partition coefficient (Wildman–Crippen LogP) is 2.72. The van der Waals surface area contributed by atoms with E-state index < -0.39 is 0 Å². The second-order valence-electron chi connectivity index (χ2n) is 4.15. The van der Waals surface area contributed by atoms with Crippen LogP contribution in [-0.4, -0.2) is 33.9 Å². The molecule has 0 spiro atoms. The summed E-state index contributed by atoms with van der Waals surface area (Å²) in [6, 6.07) is 8.15. The van der Waals surface area contributed by atoms with Crippen LogP contribution in [0.5, 0.6) is 5.75 Å². The first kappa shape index (κ1) is 14.7. The molecule has 0 radical (unpaired) electrons. The third-order valence-electron chi connectivity index (χ3n) is 2.80. The normalized spacial score (nSPS) is 11.6. The first-order chi connectivity index (χ1) is 8.77. The van der Waals surface area contributed by atoms with Gasteiger partial charge < -0.3 is 14.8 Å². The fourth-order valence-electron chi connectivity index (χ4n) is 1.66. The van der Waals surface area contributed by atoms with Crippen molar-refractivity contribution in [1.29, 1.82) is 0 Å². The highest BCUT2D eigenvalue weighted by Gasteiger charge is 1.96. The van der Waals surface area contributed by atoms with Crippen LogP contribution in [0, 0.1) is 0 Å². The van der Waals surface area contributed by atoms with Crippen LogP contribution in [0.25, 0.3) is 5.57 Å². The van der Waals surface area contributed by atoms with E-state index in [1.54, 1.807) is 14.2 Å². The van der Waals surface area contributed by atoms with Gasteiger partial charge in [-0.15, -0.1) is 0 Å². The molecule has 18 heavy (non-hydrogen) atoms. The van der Waals surface area contributed by atoms with Gasteiger partial charge in [0.15, 0.2) is 0 Å². The Labute approximate surface area is 110 Å². The molecule has 1 aromatic rings. The van der Waals surface area contributed by atoms with Crippen LogP contribution in [0.15, 0.2) is 30.3 Å². The second kappa shape index (κ2) is 8.72. The largest absolute Gasteiger partial charge is 0.497 e. The minimum atomic E-state index is 0.765. The fraction of sp³-hybridized carbons (Fsp3) is 0.467. The second-order valence-corrected chi connectivity index (χ2v) is 4.15. The highest BCUT2D eigenvalue weighted by molar-refractivity contribution is 5.64. The van der Waals surface area contributed by atoms with Crippen LogP contribution >= 0.6 is 0 Å². The maximum Gasteiger partial charge on any atom is 0.118 e. The fourth-order valence-corrected chi connectivity index (χ4v) is 1.66. The molecule has 0 bridgehead atoms. The van der Waals surface area contributed by atoms with E-state index in [9.17, 15) is 0 Å². The number of hydrogen-bond donors (Lipinski definition) is 1. The Balaban J connectivity index is 2.35.